The number of nitrogens with one attached hydrogen (secondary N) is 2. The van der Waals surface area contributed by atoms with Gasteiger partial charge in [0.05, 0.1) is 12.2 Å². The summed E-state index contributed by atoms with van der Waals surface area (Å²) in [5, 5.41) is 2.82. The van der Waals surface area contributed by atoms with Gasteiger partial charge in [0.15, 0.2) is 11.2 Å². The predicted molar refractivity (Wildman–Crippen MR) is 138 cm³/mol. The highest BCUT2D eigenvalue weighted by Gasteiger charge is 2.20. The van der Waals surface area contributed by atoms with Crippen LogP contribution in [-0.2, 0) is 29.0 Å². The van der Waals surface area contributed by atoms with Gasteiger partial charge < -0.3 is 14.6 Å². The largest absolute Gasteiger partial charge is 0.462 e. The van der Waals surface area contributed by atoms with Crippen LogP contribution in [0.15, 0.2) is 33.9 Å². The van der Waals surface area contributed by atoms with E-state index in [1.54, 1.807) is 24.3 Å². The molecule has 0 aliphatic heterocycles. The maximum atomic E-state index is 12.7. The van der Waals surface area contributed by atoms with Crippen LogP contribution in [0, 0.1) is 5.92 Å². The minimum absolute atomic E-state index is 0.138. The van der Waals surface area contributed by atoms with Crippen LogP contribution in [0.4, 0.5) is 5.69 Å². The summed E-state index contributed by atoms with van der Waals surface area (Å²) >= 11 is 0. The maximum Gasteiger partial charge on any atom is 0.338 e. The van der Waals surface area contributed by atoms with Crippen molar-refractivity contribution in [1.82, 2.24) is 19.1 Å². The first-order valence-electron chi connectivity index (χ1n) is 12.5. The van der Waals surface area contributed by atoms with Crippen molar-refractivity contribution in [2.45, 2.75) is 72.9 Å². The Morgan fingerprint density at radius 3 is 2.44 bits per heavy atom. The molecule has 36 heavy (non-hydrogen) atoms. The molecule has 3 rings (SSSR count). The number of anilines is 1. The lowest BCUT2D eigenvalue weighted by Crippen LogP contribution is -2.31. The fourth-order valence-electron chi connectivity index (χ4n) is 3.91. The van der Waals surface area contributed by atoms with E-state index >= 15 is 0 Å². The molecule has 0 aliphatic carbocycles. The number of aromatic nitrogens is 4. The molecule has 0 unspecified atom stereocenters. The normalized spacial score (nSPS) is 11.2. The Labute approximate surface area is 209 Å². The zero-order valence-electron chi connectivity index (χ0n) is 21.4. The molecule has 0 atom stereocenters. The summed E-state index contributed by atoms with van der Waals surface area (Å²) in [5.74, 6) is 0.195. The fourth-order valence-corrected chi connectivity index (χ4v) is 3.91. The molecule has 2 aromatic heterocycles. The van der Waals surface area contributed by atoms with Crippen LogP contribution in [0.1, 0.15) is 69.6 Å². The summed E-state index contributed by atoms with van der Waals surface area (Å²) < 4.78 is 8.45. The van der Waals surface area contributed by atoms with E-state index in [2.05, 4.69) is 15.3 Å². The molecule has 10 heteroatoms. The van der Waals surface area contributed by atoms with E-state index in [4.69, 9.17) is 4.74 Å². The number of carbonyl (C=O) groups excluding carboxylic acids is 2. The number of H-pyrrole nitrogens is 1. The van der Waals surface area contributed by atoms with Gasteiger partial charge in [-0.2, -0.15) is 0 Å². The molecule has 0 radical (unpaired) electrons. The molecule has 2 N–H and O–H groups in total. The SMILES string of the molecule is CCCCn1c(=O)[nH]c(=O)c2c1nc(CCC(=O)Nc1ccc(C(=O)OCCC)cc1)n2CC(C)C. The lowest BCUT2D eigenvalue weighted by atomic mass is 10.2. The Bertz CT molecular complexity index is 1320. The van der Waals surface area contributed by atoms with E-state index in [1.807, 2.05) is 32.3 Å². The van der Waals surface area contributed by atoms with E-state index in [-0.39, 0.29) is 18.2 Å². The number of hydrogen-bond acceptors (Lipinski definition) is 6. The highest BCUT2D eigenvalue weighted by atomic mass is 16.5. The van der Waals surface area contributed by atoms with Gasteiger partial charge in [-0.3, -0.25) is 19.1 Å². The van der Waals surface area contributed by atoms with Crippen molar-refractivity contribution >= 4 is 28.7 Å². The molecule has 3 aromatic rings. The second-order valence-corrected chi connectivity index (χ2v) is 9.23. The average molecular weight is 498 g/mol. The molecule has 10 nitrogen and oxygen atoms in total. The molecule has 0 bridgehead atoms. The van der Waals surface area contributed by atoms with Crippen molar-refractivity contribution in [2.75, 3.05) is 11.9 Å². The number of nitrogens with zero attached hydrogens (tertiary/aromatic N) is 3. The zero-order valence-corrected chi connectivity index (χ0v) is 21.4. The van der Waals surface area contributed by atoms with E-state index in [9.17, 15) is 19.2 Å². The number of aryl methyl sites for hydroxylation is 2. The summed E-state index contributed by atoms with van der Waals surface area (Å²) in [6.45, 7) is 9.38. The van der Waals surface area contributed by atoms with Crippen molar-refractivity contribution in [2.24, 2.45) is 5.92 Å². The maximum absolute atomic E-state index is 12.7. The Hall–Kier alpha value is -3.69. The van der Waals surface area contributed by atoms with Crippen molar-refractivity contribution in [3.05, 3.63) is 56.5 Å². The van der Waals surface area contributed by atoms with Gasteiger partial charge in [-0.1, -0.05) is 34.1 Å². The number of benzene rings is 1. The lowest BCUT2D eigenvalue weighted by molar-refractivity contribution is -0.116. The van der Waals surface area contributed by atoms with Crippen molar-refractivity contribution in [3.8, 4) is 0 Å². The number of carbonyl (C=O) groups is 2. The van der Waals surface area contributed by atoms with Crippen molar-refractivity contribution in [3.63, 3.8) is 0 Å². The Balaban J connectivity index is 1.78. The quantitative estimate of drug-likeness (QED) is 0.369. The number of hydrogen-bond donors (Lipinski definition) is 2. The lowest BCUT2D eigenvalue weighted by Gasteiger charge is -2.12. The number of rotatable bonds is 12. The Morgan fingerprint density at radius 2 is 1.81 bits per heavy atom. The first kappa shape index (κ1) is 26.9. The molecule has 2 heterocycles. The van der Waals surface area contributed by atoms with Crippen LogP contribution in [-0.4, -0.2) is 37.6 Å². The smallest absolute Gasteiger partial charge is 0.338 e. The minimum atomic E-state index is -0.471. The van der Waals surface area contributed by atoms with E-state index in [0.717, 1.165) is 19.3 Å². The van der Waals surface area contributed by atoms with Gasteiger partial charge in [0, 0.05) is 31.6 Å². The third-order valence-corrected chi connectivity index (χ3v) is 5.66. The van der Waals surface area contributed by atoms with Crippen molar-refractivity contribution < 1.29 is 14.3 Å². The average Bonchev–Trinajstić information content (AvgIpc) is 3.19. The first-order chi connectivity index (χ1) is 17.2. The summed E-state index contributed by atoms with van der Waals surface area (Å²) in [6.07, 6.45) is 2.86. The van der Waals surface area contributed by atoms with Crippen molar-refractivity contribution in [1.29, 1.82) is 0 Å². The number of amides is 1. The van der Waals surface area contributed by atoms with Gasteiger partial charge in [0.1, 0.15) is 5.82 Å². The Morgan fingerprint density at radius 1 is 1.08 bits per heavy atom. The third kappa shape index (κ3) is 6.50. The molecule has 1 amide bonds. The Kier molecular flexibility index (Phi) is 9.21. The van der Waals surface area contributed by atoms with Crippen LogP contribution in [0.2, 0.25) is 0 Å². The molecule has 194 valence electrons. The van der Waals surface area contributed by atoms with Gasteiger partial charge >= 0.3 is 11.7 Å². The number of esters is 1. The van der Waals surface area contributed by atoms with E-state index in [0.29, 0.717) is 54.4 Å². The van der Waals surface area contributed by atoms with Crippen LogP contribution in [0.25, 0.3) is 11.2 Å². The monoisotopic (exact) mass is 497 g/mol. The predicted octanol–water partition coefficient (Wildman–Crippen LogP) is 3.48. The highest BCUT2D eigenvalue weighted by molar-refractivity contribution is 5.93. The molecule has 0 fully saturated rings. The molecular weight excluding hydrogens is 462 g/mol. The first-order valence-corrected chi connectivity index (χ1v) is 12.5. The van der Waals surface area contributed by atoms with Crippen LogP contribution < -0.4 is 16.6 Å². The topological polar surface area (TPSA) is 128 Å². The van der Waals surface area contributed by atoms with E-state index in [1.165, 1.54) is 4.57 Å². The molecule has 0 saturated carbocycles. The van der Waals surface area contributed by atoms with Crippen LogP contribution in [0.3, 0.4) is 0 Å². The number of fused-ring (bicyclic) bond motifs is 1. The molecule has 0 aliphatic rings. The highest BCUT2D eigenvalue weighted by Crippen LogP contribution is 2.17. The summed E-state index contributed by atoms with van der Waals surface area (Å²) in [5.41, 5.74) is 0.764. The molecular formula is C26H35N5O5. The molecule has 0 spiro atoms. The fraction of sp³-hybridized carbons (Fsp3) is 0.500. The van der Waals surface area contributed by atoms with Gasteiger partial charge in [0.2, 0.25) is 5.91 Å². The van der Waals surface area contributed by atoms with Crippen LogP contribution >= 0.6 is 0 Å². The number of aromatic amines is 1. The summed E-state index contributed by atoms with van der Waals surface area (Å²) in [4.78, 5) is 56.8. The van der Waals surface area contributed by atoms with Gasteiger partial charge in [-0.15, -0.1) is 0 Å². The van der Waals surface area contributed by atoms with Gasteiger partial charge in [0.25, 0.3) is 5.56 Å². The van der Waals surface area contributed by atoms with Crippen LogP contribution in [0.5, 0.6) is 0 Å². The molecule has 0 saturated heterocycles. The second-order valence-electron chi connectivity index (χ2n) is 9.23. The molecule has 1 aromatic carbocycles. The second kappa shape index (κ2) is 12.3. The number of ether oxygens (including phenoxy) is 1. The number of unbranched alkanes of at least 4 members (excludes halogenated alkanes) is 1. The number of imidazole rings is 1. The summed E-state index contributed by atoms with van der Waals surface area (Å²) in [6, 6.07) is 6.52. The minimum Gasteiger partial charge on any atom is -0.462 e. The standard InChI is InChI=1S/C26H35N5O5/c1-5-7-14-30-23-22(24(33)29-26(30)35)31(16-17(3)4)20(28-23)12-13-21(32)27-19-10-8-18(9-11-19)25(34)36-15-6-2/h8-11,17H,5-7,12-16H2,1-4H3,(H,27,32)(H,29,33,35). The van der Waals surface area contributed by atoms with Gasteiger partial charge in [-0.25, -0.2) is 14.6 Å². The summed E-state index contributed by atoms with van der Waals surface area (Å²) in [7, 11) is 0. The zero-order chi connectivity index (χ0) is 26.2. The van der Waals surface area contributed by atoms with Gasteiger partial charge in [-0.05, 0) is 43.0 Å². The third-order valence-electron chi connectivity index (χ3n) is 5.66. The van der Waals surface area contributed by atoms with E-state index < -0.39 is 17.2 Å².